The molecule has 2 nitrogen and oxygen atoms in total. The molecule has 0 saturated carbocycles. The highest BCUT2D eigenvalue weighted by atomic mass is 79.9. The molecule has 2 aromatic rings. The summed E-state index contributed by atoms with van der Waals surface area (Å²) >= 11 is 3.42. The maximum atomic E-state index is 4.16. The van der Waals surface area contributed by atoms with Gasteiger partial charge in [-0.1, -0.05) is 46.3 Å². The fourth-order valence-corrected chi connectivity index (χ4v) is 1.70. The Kier molecular flexibility index (Phi) is 3.72. The molecule has 0 spiro atoms. The molecular formula is C13H11BrN2. The van der Waals surface area contributed by atoms with E-state index in [0.717, 1.165) is 15.7 Å². The number of hydrogen-bond donors (Lipinski definition) is 1. The molecule has 0 heterocycles. The summed E-state index contributed by atoms with van der Waals surface area (Å²) in [4.78, 5) is 0. The molecule has 0 atom stereocenters. The number of benzene rings is 2. The van der Waals surface area contributed by atoms with Gasteiger partial charge in [-0.2, -0.15) is 5.10 Å². The number of hydrazone groups is 1. The molecule has 0 saturated heterocycles. The van der Waals surface area contributed by atoms with Crippen LogP contribution in [-0.4, -0.2) is 6.21 Å². The summed E-state index contributed by atoms with van der Waals surface area (Å²) in [5, 5.41) is 4.16. The van der Waals surface area contributed by atoms with E-state index >= 15 is 0 Å². The van der Waals surface area contributed by atoms with Gasteiger partial charge in [0.2, 0.25) is 0 Å². The summed E-state index contributed by atoms with van der Waals surface area (Å²) < 4.78 is 1.05. The van der Waals surface area contributed by atoms with Gasteiger partial charge in [0.1, 0.15) is 0 Å². The second kappa shape index (κ2) is 5.47. The summed E-state index contributed by atoms with van der Waals surface area (Å²) in [7, 11) is 0. The monoisotopic (exact) mass is 274 g/mol. The third kappa shape index (κ3) is 3.21. The first kappa shape index (κ1) is 10.9. The molecule has 0 aliphatic heterocycles. The first-order valence-electron chi connectivity index (χ1n) is 4.94. The van der Waals surface area contributed by atoms with Crippen molar-refractivity contribution in [3.05, 3.63) is 64.6 Å². The normalized spacial score (nSPS) is 10.6. The van der Waals surface area contributed by atoms with E-state index in [4.69, 9.17) is 0 Å². The Labute approximate surface area is 103 Å². The standard InChI is InChI=1S/C13H11BrN2/c14-12-6-4-5-11(9-12)10-15-16-13-7-2-1-3-8-13/h1-10,16H/b15-10+. The van der Waals surface area contributed by atoms with Gasteiger partial charge in [0.25, 0.3) is 0 Å². The third-order valence-corrected chi connectivity index (χ3v) is 2.52. The van der Waals surface area contributed by atoms with Crippen LogP contribution in [0.5, 0.6) is 0 Å². The average Bonchev–Trinajstić information content (AvgIpc) is 2.30. The van der Waals surface area contributed by atoms with Crippen molar-refractivity contribution >= 4 is 27.8 Å². The fourth-order valence-electron chi connectivity index (χ4n) is 1.28. The summed E-state index contributed by atoms with van der Waals surface area (Å²) in [5.74, 6) is 0. The maximum absolute atomic E-state index is 4.16. The first-order valence-corrected chi connectivity index (χ1v) is 5.73. The molecule has 3 heteroatoms. The van der Waals surface area contributed by atoms with Crippen molar-refractivity contribution in [2.24, 2.45) is 5.10 Å². The molecule has 0 amide bonds. The van der Waals surface area contributed by atoms with Gasteiger partial charge in [-0.3, -0.25) is 5.43 Å². The Morgan fingerprint density at radius 1 is 1.00 bits per heavy atom. The van der Waals surface area contributed by atoms with Crippen LogP contribution >= 0.6 is 15.9 Å². The topological polar surface area (TPSA) is 24.4 Å². The van der Waals surface area contributed by atoms with Gasteiger partial charge in [-0.05, 0) is 29.8 Å². The minimum atomic E-state index is 0.980. The number of nitrogens with one attached hydrogen (secondary N) is 1. The number of anilines is 1. The first-order chi connectivity index (χ1) is 7.84. The van der Waals surface area contributed by atoms with E-state index in [1.165, 1.54) is 0 Å². The van der Waals surface area contributed by atoms with Crippen LogP contribution in [0.4, 0.5) is 5.69 Å². The predicted molar refractivity (Wildman–Crippen MR) is 71.8 cm³/mol. The Balaban J connectivity index is 2.00. The Morgan fingerprint density at radius 2 is 1.81 bits per heavy atom. The largest absolute Gasteiger partial charge is 0.279 e. The van der Waals surface area contributed by atoms with E-state index in [1.54, 1.807) is 6.21 Å². The molecule has 0 bridgehead atoms. The van der Waals surface area contributed by atoms with Crippen LogP contribution in [0.15, 0.2) is 64.2 Å². The fraction of sp³-hybridized carbons (Fsp3) is 0. The zero-order valence-electron chi connectivity index (χ0n) is 8.60. The van der Waals surface area contributed by atoms with Crippen LogP contribution in [0.3, 0.4) is 0 Å². The lowest BCUT2D eigenvalue weighted by Gasteiger charge is -1.98. The quantitative estimate of drug-likeness (QED) is 0.667. The predicted octanol–water partition coefficient (Wildman–Crippen LogP) is 3.90. The van der Waals surface area contributed by atoms with Crippen molar-refractivity contribution in [1.82, 2.24) is 0 Å². The number of rotatable bonds is 3. The van der Waals surface area contributed by atoms with Crippen molar-refractivity contribution < 1.29 is 0 Å². The lowest BCUT2D eigenvalue weighted by atomic mass is 10.2. The number of hydrogen-bond acceptors (Lipinski definition) is 2. The van der Waals surface area contributed by atoms with E-state index in [1.807, 2.05) is 54.6 Å². The van der Waals surface area contributed by atoms with Crippen LogP contribution in [0.2, 0.25) is 0 Å². The molecule has 16 heavy (non-hydrogen) atoms. The van der Waals surface area contributed by atoms with Gasteiger partial charge in [-0.25, -0.2) is 0 Å². The highest BCUT2D eigenvalue weighted by molar-refractivity contribution is 9.10. The minimum absolute atomic E-state index is 0.980. The number of para-hydroxylation sites is 1. The molecule has 0 radical (unpaired) electrons. The average molecular weight is 275 g/mol. The van der Waals surface area contributed by atoms with Crippen LogP contribution in [-0.2, 0) is 0 Å². The molecule has 0 aromatic heterocycles. The third-order valence-electron chi connectivity index (χ3n) is 2.03. The summed E-state index contributed by atoms with van der Waals surface area (Å²) in [6, 6.07) is 17.8. The van der Waals surface area contributed by atoms with Crippen LogP contribution in [0, 0.1) is 0 Å². The van der Waals surface area contributed by atoms with Crippen LogP contribution in [0.25, 0.3) is 0 Å². The SMILES string of the molecule is Brc1cccc(/C=N/Nc2ccccc2)c1. The van der Waals surface area contributed by atoms with Crippen molar-refractivity contribution in [3.8, 4) is 0 Å². The summed E-state index contributed by atoms with van der Waals surface area (Å²) in [5.41, 5.74) is 5.00. The Hall–Kier alpha value is -1.61. The Morgan fingerprint density at radius 3 is 2.56 bits per heavy atom. The highest BCUT2D eigenvalue weighted by Gasteiger charge is 1.89. The molecular weight excluding hydrogens is 264 g/mol. The molecule has 0 aliphatic rings. The van der Waals surface area contributed by atoms with Gasteiger partial charge < -0.3 is 0 Å². The van der Waals surface area contributed by atoms with E-state index in [-0.39, 0.29) is 0 Å². The zero-order valence-corrected chi connectivity index (χ0v) is 10.2. The lowest BCUT2D eigenvalue weighted by molar-refractivity contribution is 1.35. The van der Waals surface area contributed by atoms with Crippen molar-refractivity contribution in [2.75, 3.05) is 5.43 Å². The summed E-state index contributed by atoms with van der Waals surface area (Å²) in [6.45, 7) is 0. The molecule has 2 rings (SSSR count). The summed E-state index contributed by atoms with van der Waals surface area (Å²) in [6.07, 6.45) is 1.79. The van der Waals surface area contributed by atoms with Crippen LogP contribution in [0.1, 0.15) is 5.56 Å². The van der Waals surface area contributed by atoms with E-state index < -0.39 is 0 Å². The molecule has 0 fully saturated rings. The zero-order chi connectivity index (χ0) is 11.2. The lowest BCUT2D eigenvalue weighted by Crippen LogP contribution is -1.89. The molecule has 0 unspecified atom stereocenters. The van der Waals surface area contributed by atoms with Gasteiger partial charge in [0.05, 0.1) is 11.9 Å². The van der Waals surface area contributed by atoms with E-state index in [2.05, 4.69) is 26.5 Å². The number of halogens is 1. The number of nitrogens with zero attached hydrogens (tertiary/aromatic N) is 1. The molecule has 80 valence electrons. The second-order valence-electron chi connectivity index (χ2n) is 3.29. The Bertz CT molecular complexity index is 480. The smallest absolute Gasteiger partial charge is 0.0561 e. The van der Waals surface area contributed by atoms with Gasteiger partial charge >= 0.3 is 0 Å². The molecule has 2 aromatic carbocycles. The van der Waals surface area contributed by atoms with Gasteiger partial charge in [0, 0.05) is 4.47 Å². The molecule has 0 aliphatic carbocycles. The maximum Gasteiger partial charge on any atom is 0.0561 e. The minimum Gasteiger partial charge on any atom is -0.279 e. The second-order valence-corrected chi connectivity index (χ2v) is 4.21. The van der Waals surface area contributed by atoms with Gasteiger partial charge in [-0.15, -0.1) is 0 Å². The van der Waals surface area contributed by atoms with Crippen molar-refractivity contribution in [2.45, 2.75) is 0 Å². The van der Waals surface area contributed by atoms with Crippen LogP contribution < -0.4 is 5.43 Å². The van der Waals surface area contributed by atoms with E-state index in [9.17, 15) is 0 Å². The van der Waals surface area contributed by atoms with E-state index in [0.29, 0.717) is 0 Å². The van der Waals surface area contributed by atoms with Crippen molar-refractivity contribution in [1.29, 1.82) is 0 Å². The highest BCUT2D eigenvalue weighted by Crippen LogP contribution is 2.10. The van der Waals surface area contributed by atoms with Gasteiger partial charge in [0.15, 0.2) is 0 Å². The molecule has 1 N–H and O–H groups in total. The van der Waals surface area contributed by atoms with Crippen molar-refractivity contribution in [3.63, 3.8) is 0 Å².